The van der Waals surface area contributed by atoms with Crippen LogP contribution < -0.4 is 20.3 Å². The van der Waals surface area contributed by atoms with Crippen molar-refractivity contribution < 1.29 is 9.53 Å². The molecule has 2 aromatic rings. The highest BCUT2D eigenvalue weighted by molar-refractivity contribution is 5.73. The zero-order chi connectivity index (χ0) is 18.2. The molecule has 3 rings (SSSR count). The van der Waals surface area contributed by atoms with E-state index in [9.17, 15) is 4.79 Å². The van der Waals surface area contributed by atoms with Crippen molar-refractivity contribution in [3.8, 4) is 5.75 Å². The molecule has 2 N–H and O–H groups in total. The number of hydrogen-bond acceptors (Lipinski definition) is 4. The van der Waals surface area contributed by atoms with Crippen LogP contribution in [0.1, 0.15) is 24.0 Å². The lowest BCUT2D eigenvalue weighted by Crippen LogP contribution is -2.36. The molecule has 138 valence electrons. The van der Waals surface area contributed by atoms with Crippen molar-refractivity contribution >= 4 is 11.8 Å². The average Bonchev–Trinajstić information content (AvgIpc) is 3.22. The van der Waals surface area contributed by atoms with Crippen LogP contribution >= 0.6 is 0 Å². The molecule has 2 heterocycles. The predicted octanol–water partition coefficient (Wildman–Crippen LogP) is 2.73. The minimum absolute atomic E-state index is 0.155. The van der Waals surface area contributed by atoms with Gasteiger partial charge in [0.05, 0.1) is 7.11 Å². The maximum absolute atomic E-state index is 12.0. The van der Waals surface area contributed by atoms with Crippen molar-refractivity contribution in [3.05, 3.63) is 53.7 Å². The van der Waals surface area contributed by atoms with Gasteiger partial charge < -0.3 is 20.3 Å². The first-order valence-electron chi connectivity index (χ1n) is 9.09. The van der Waals surface area contributed by atoms with E-state index in [2.05, 4.69) is 26.6 Å². The van der Waals surface area contributed by atoms with Crippen molar-refractivity contribution in [2.45, 2.75) is 25.8 Å². The molecule has 6 heteroatoms. The predicted molar refractivity (Wildman–Crippen MR) is 103 cm³/mol. The fourth-order valence-electron chi connectivity index (χ4n) is 3.05. The van der Waals surface area contributed by atoms with E-state index >= 15 is 0 Å². The van der Waals surface area contributed by atoms with Crippen LogP contribution in [0.5, 0.6) is 5.75 Å². The maximum atomic E-state index is 12.0. The standard InChI is InChI=1S/C20H26N4O2/c1-26-18-6-4-16(5-7-18)8-11-22-20(25)23-15-17-9-10-21-19(14-17)24-12-2-3-13-24/h4-7,9-10,14H,2-3,8,11-13,15H2,1H3,(H2,22,23,25). The smallest absolute Gasteiger partial charge is 0.315 e. The Morgan fingerprint density at radius 2 is 1.88 bits per heavy atom. The second-order valence-corrected chi connectivity index (χ2v) is 6.42. The second-order valence-electron chi connectivity index (χ2n) is 6.42. The van der Waals surface area contributed by atoms with Gasteiger partial charge in [0.25, 0.3) is 0 Å². The van der Waals surface area contributed by atoms with Crippen molar-refractivity contribution in [2.24, 2.45) is 0 Å². The van der Waals surface area contributed by atoms with Gasteiger partial charge in [-0.15, -0.1) is 0 Å². The SMILES string of the molecule is COc1ccc(CCNC(=O)NCc2ccnc(N3CCCC3)c2)cc1. The van der Waals surface area contributed by atoms with Crippen molar-refractivity contribution in [1.29, 1.82) is 0 Å². The van der Waals surface area contributed by atoms with Crippen molar-refractivity contribution in [2.75, 3.05) is 31.6 Å². The van der Waals surface area contributed by atoms with Crippen LogP contribution in [-0.4, -0.2) is 37.8 Å². The Balaban J connectivity index is 1.40. The molecule has 26 heavy (non-hydrogen) atoms. The normalized spacial score (nSPS) is 13.5. The number of anilines is 1. The van der Waals surface area contributed by atoms with Gasteiger partial charge in [0.2, 0.25) is 0 Å². The molecule has 2 amide bonds. The van der Waals surface area contributed by atoms with Gasteiger partial charge in [-0.25, -0.2) is 9.78 Å². The highest BCUT2D eigenvalue weighted by atomic mass is 16.5. The molecule has 1 aromatic heterocycles. The summed E-state index contributed by atoms with van der Waals surface area (Å²) in [7, 11) is 1.65. The fourth-order valence-corrected chi connectivity index (χ4v) is 3.05. The number of urea groups is 1. The van der Waals surface area contributed by atoms with Gasteiger partial charge in [-0.05, 0) is 54.7 Å². The molecule has 0 atom stereocenters. The van der Waals surface area contributed by atoms with E-state index in [1.165, 1.54) is 12.8 Å². The lowest BCUT2D eigenvalue weighted by molar-refractivity contribution is 0.240. The number of benzene rings is 1. The number of carbonyl (C=O) groups is 1. The molecule has 0 spiro atoms. The molecule has 0 aliphatic carbocycles. The van der Waals surface area contributed by atoms with Crippen molar-refractivity contribution in [3.63, 3.8) is 0 Å². The van der Waals surface area contributed by atoms with Gasteiger partial charge in [-0.1, -0.05) is 12.1 Å². The molecular formula is C20H26N4O2. The summed E-state index contributed by atoms with van der Waals surface area (Å²) >= 11 is 0. The zero-order valence-electron chi connectivity index (χ0n) is 15.2. The lowest BCUT2D eigenvalue weighted by Gasteiger charge is -2.17. The van der Waals surface area contributed by atoms with Gasteiger partial charge >= 0.3 is 6.03 Å². The number of aromatic nitrogens is 1. The number of nitrogens with zero attached hydrogens (tertiary/aromatic N) is 2. The summed E-state index contributed by atoms with van der Waals surface area (Å²) in [5.41, 5.74) is 2.22. The number of pyridine rings is 1. The largest absolute Gasteiger partial charge is 0.497 e. The molecule has 1 aromatic carbocycles. The maximum Gasteiger partial charge on any atom is 0.315 e. The number of amides is 2. The Hall–Kier alpha value is -2.76. The van der Waals surface area contributed by atoms with Crippen molar-refractivity contribution in [1.82, 2.24) is 15.6 Å². The van der Waals surface area contributed by atoms with E-state index in [0.717, 1.165) is 42.2 Å². The number of ether oxygens (including phenoxy) is 1. The molecule has 1 aliphatic rings. The van der Waals surface area contributed by atoms with Gasteiger partial charge in [-0.2, -0.15) is 0 Å². The highest BCUT2D eigenvalue weighted by Gasteiger charge is 2.13. The first kappa shape index (κ1) is 18.0. The number of hydrogen-bond donors (Lipinski definition) is 2. The zero-order valence-corrected chi connectivity index (χ0v) is 15.2. The van der Waals surface area contributed by atoms with Crippen LogP contribution in [-0.2, 0) is 13.0 Å². The minimum Gasteiger partial charge on any atom is -0.497 e. The first-order chi connectivity index (χ1) is 12.7. The number of rotatable bonds is 7. The summed E-state index contributed by atoms with van der Waals surface area (Å²) in [6.07, 6.45) is 5.04. The summed E-state index contributed by atoms with van der Waals surface area (Å²) in [6.45, 7) is 3.22. The van der Waals surface area contributed by atoms with Gasteiger partial charge in [0.15, 0.2) is 0 Å². The van der Waals surface area contributed by atoms with E-state index in [1.54, 1.807) is 7.11 Å². The van der Waals surface area contributed by atoms with Gasteiger partial charge in [-0.3, -0.25) is 0 Å². The average molecular weight is 354 g/mol. The van der Waals surface area contributed by atoms with Crippen LogP contribution in [0.4, 0.5) is 10.6 Å². The quantitative estimate of drug-likeness (QED) is 0.802. The van der Waals surface area contributed by atoms with Gasteiger partial charge in [0, 0.05) is 32.4 Å². The second kappa shape index (κ2) is 9.08. The summed E-state index contributed by atoms with van der Waals surface area (Å²) in [5, 5.41) is 5.80. The molecule has 6 nitrogen and oxygen atoms in total. The van der Waals surface area contributed by atoms with Crippen LogP contribution in [0.3, 0.4) is 0 Å². The third kappa shape index (κ3) is 5.12. The van der Waals surface area contributed by atoms with Crippen LogP contribution in [0.15, 0.2) is 42.6 Å². The van der Waals surface area contributed by atoms with E-state index < -0.39 is 0 Å². The minimum atomic E-state index is -0.155. The number of carbonyl (C=O) groups excluding carboxylic acids is 1. The molecule has 1 fully saturated rings. The van der Waals surface area contributed by atoms with Crippen LogP contribution in [0.2, 0.25) is 0 Å². The molecular weight excluding hydrogens is 328 g/mol. The molecule has 0 saturated carbocycles. The Morgan fingerprint density at radius 1 is 1.12 bits per heavy atom. The van der Waals surface area contributed by atoms with Crippen LogP contribution in [0, 0.1) is 0 Å². The Bertz CT molecular complexity index is 712. The topological polar surface area (TPSA) is 66.5 Å². The fraction of sp³-hybridized carbons (Fsp3) is 0.400. The van der Waals surface area contributed by atoms with E-state index in [0.29, 0.717) is 13.1 Å². The summed E-state index contributed by atoms with van der Waals surface area (Å²) in [4.78, 5) is 18.7. The monoisotopic (exact) mass is 354 g/mol. The molecule has 1 aliphatic heterocycles. The third-order valence-electron chi connectivity index (χ3n) is 4.55. The summed E-state index contributed by atoms with van der Waals surface area (Å²) in [6, 6.07) is 11.7. The van der Waals surface area contributed by atoms with E-state index in [4.69, 9.17) is 4.74 Å². The summed E-state index contributed by atoms with van der Waals surface area (Å²) < 4.78 is 5.14. The van der Waals surface area contributed by atoms with Crippen LogP contribution in [0.25, 0.3) is 0 Å². The number of nitrogens with one attached hydrogen (secondary N) is 2. The lowest BCUT2D eigenvalue weighted by atomic mass is 10.1. The van der Waals surface area contributed by atoms with E-state index in [-0.39, 0.29) is 6.03 Å². The Kier molecular flexibility index (Phi) is 6.30. The molecule has 0 bridgehead atoms. The number of methoxy groups -OCH3 is 1. The Labute approximate surface area is 154 Å². The highest BCUT2D eigenvalue weighted by Crippen LogP contribution is 2.18. The molecule has 0 radical (unpaired) electrons. The third-order valence-corrected chi connectivity index (χ3v) is 4.55. The van der Waals surface area contributed by atoms with E-state index in [1.807, 2.05) is 36.5 Å². The van der Waals surface area contributed by atoms with Gasteiger partial charge in [0.1, 0.15) is 11.6 Å². The Morgan fingerprint density at radius 3 is 2.62 bits per heavy atom. The summed E-state index contributed by atoms with van der Waals surface area (Å²) in [5.74, 6) is 1.84. The molecule has 1 saturated heterocycles. The first-order valence-corrected chi connectivity index (χ1v) is 9.09. The molecule has 0 unspecified atom stereocenters.